The number of aromatic nitrogens is 2. The molecule has 1 heterocycles. The number of hydrogen-bond acceptors (Lipinski definition) is 8. The molecule has 1 aromatic heterocycles. The maximum absolute atomic E-state index is 13.0. The van der Waals surface area contributed by atoms with Gasteiger partial charge in [-0.2, -0.15) is 5.10 Å². The van der Waals surface area contributed by atoms with Gasteiger partial charge in [0.2, 0.25) is 5.91 Å². The number of nitrogens with zero attached hydrogens (tertiary/aromatic N) is 3. The van der Waals surface area contributed by atoms with Crippen LogP contribution in [0.1, 0.15) is 42.6 Å². The van der Waals surface area contributed by atoms with Gasteiger partial charge in [-0.3, -0.25) is 14.6 Å². The molecular weight excluding hydrogens is 398 g/mol. The Morgan fingerprint density at radius 3 is 2.71 bits per heavy atom. The summed E-state index contributed by atoms with van der Waals surface area (Å²) in [7, 11) is 0. The fourth-order valence-corrected chi connectivity index (χ4v) is 3.87. The molecule has 0 bridgehead atoms. The van der Waals surface area contributed by atoms with Gasteiger partial charge in [0.15, 0.2) is 0 Å². The fourth-order valence-electron chi connectivity index (χ4n) is 3.87. The van der Waals surface area contributed by atoms with Gasteiger partial charge in [-0.15, -0.1) is 0 Å². The zero-order valence-electron chi connectivity index (χ0n) is 17.3. The minimum Gasteiger partial charge on any atom is -0.351 e. The summed E-state index contributed by atoms with van der Waals surface area (Å²) < 4.78 is 0. The SMILES string of the molecule is NCCCC(NC(=O)c1cnc2ccccc2n1)C(=O)NC1CCCC1/C(=N/N)NN. The van der Waals surface area contributed by atoms with E-state index in [2.05, 4.69) is 31.1 Å². The van der Waals surface area contributed by atoms with Crippen LogP contribution >= 0.6 is 0 Å². The third-order valence-corrected chi connectivity index (χ3v) is 5.48. The highest BCUT2D eigenvalue weighted by molar-refractivity contribution is 5.97. The number of nitrogens with one attached hydrogen (secondary N) is 3. The molecule has 0 spiro atoms. The predicted molar refractivity (Wildman–Crippen MR) is 117 cm³/mol. The van der Waals surface area contributed by atoms with Crippen molar-refractivity contribution in [2.75, 3.05) is 6.54 Å². The van der Waals surface area contributed by atoms with Crippen molar-refractivity contribution in [3.05, 3.63) is 36.2 Å². The van der Waals surface area contributed by atoms with Crippen LogP contribution in [0.15, 0.2) is 35.6 Å². The molecule has 2 amide bonds. The summed E-state index contributed by atoms with van der Waals surface area (Å²) in [6.07, 6.45) is 4.86. The van der Waals surface area contributed by atoms with Gasteiger partial charge in [0.25, 0.3) is 5.91 Å². The number of benzene rings is 1. The molecule has 166 valence electrons. The molecule has 3 atom stereocenters. The molecule has 0 radical (unpaired) electrons. The fraction of sp³-hybridized carbons (Fsp3) is 0.450. The van der Waals surface area contributed by atoms with Crippen LogP contribution in [0.4, 0.5) is 0 Å². The highest BCUT2D eigenvalue weighted by atomic mass is 16.2. The maximum Gasteiger partial charge on any atom is 0.272 e. The highest BCUT2D eigenvalue weighted by Gasteiger charge is 2.34. The molecule has 2 aromatic rings. The second-order valence-corrected chi connectivity index (χ2v) is 7.51. The first kappa shape index (κ1) is 22.4. The van der Waals surface area contributed by atoms with E-state index in [1.54, 1.807) is 6.07 Å². The number of fused-ring (bicyclic) bond motifs is 1. The Morgan fingerprint density at radius 2 is 2.00 bits per heavy atom. The number of hydrazone groups is 1. The van der Waals surface area contributed by atoms with Crippen molar-refractivity contribution < 1.29 is 9.59 Å². The Labute approximate surface area is 180 Å². The van der Waals surface area contributed by atoms with Crippen LogP contribution < -0.4 is 33.5 Å². The zero-order chi connectivity index (χ0) is 22.2. The van der Waals surface area contributed by atoms with Crippen molar-refractivity contribution in [1.29, 1.82) is 0 Å². The van der Waals surface area contributed by atoms with E-state index in [1.807, 2.05) is 18.2 Å². The Morgan fingerprint density at radius 1 is 1.23 bits per heavy atom. The van der Waals surface area contributed by atoms with Gasteiger partial charge in [0.05, 0.1) is 17.2 Å². The third-order valence-electron chi connectivity index (χ3n) is 5.48. The average Bonchev–Trinajstić information content (AvgIpc) is 3.24. The van der Waals surface area contributed by atoms with Crippen LogP contribution in [0.3, 0.4) is 0 Å². The van der Waals surface area contributed by atoms with Crippen LogP contribution in [0, 0.1) is 5.92 Å². The zero-order valence-corrected chi connectivity index (χ0v) is 17.3. The van der Waals surface area contributed by atoms with E-state index in [0.29, 0.717) is 36.3 Å². The summed E-state index contributed by atoms with van der Waals surface area (Å²) in [5, 5.41) is 9.47. The second-order valence-electron chi connectivity index (χ2n) is 7.51. The smallest absolute Gasteiger partial charge is 0.272 e. The Kier molecular flexibility index (Phi) is 7.68. The Bertz CT molecular complexity index is 949. The van der Waals surface area contributed by atoms with Crippen molar-refractivity contribution in [1.82, 2.24) is 26.0 Å². The number of carbonyl (C=O) groups is 2. The van der Waals surface area contributed by atoms with Crippen molar-refractivity contribution in [2.45, 2.75) is 44.2 Å². The number of amides is 2. The molecular formula is C20H29N9O2. The van der Waals surface area contributed by atoms with Gasteiger partial charge < -0.3 is 27.6 Å². The Hall–Kier alpha value is -3.31. The lowest BCUT2D eigenvalue weighted by Crippen LogP contribution is -2.52. The van der Waals surface area contributed by atoms with Crippen LogP contribution in [0.5, 0.6) is 0 Å². The van der Waals surface area contributed by atoms with E-state index in [0.717, 1.165) is 19.3 Å². The van der Waals surface area contributed by atoms with Crippen molar-refractivity contribution in [3.63, 3.8) is 0 Å². The van der Waals surface area contributed by atoms with Crippen molar-refractivity contribution in [2.24, 2.45) is 28.4 Å². The Balaban J connectivity index is 1.71. The van der Waals surface area contributed by atoms with E-state index < -0.39 is 11.9 Å². The summed E-state index contributed by atoms with van der Waals surface area (Å²) in [6, 6.07) is 6.33. The third kappa shape index (κ3) is 5.44. The second kappa shape index (κ2) is 10.6. The summed E-state index contributed by atoms with van der Waals surface area (Å²) >= 11 is 0. The molecule has 31 heavy (non-hydrogen) atoms. The maximum atomic E-state index is 13.0. The molecule has 9 N–H and O–H groups in total. The minimum atomic E-state index is -0.755. The highest BCUT2D eigenvalue weighted by Crippen LogP contribution is 2.26. The molecule has 3 unspecified atom stereocenters. The average molecular weight is 428 g/mol. The number of nitrogens with two attached hydrogens (primary N) is 3. The number of rotatable bonds is 8. The lowest BCUT2D eigenvalue weighted by Gasteiger charge is -2.25. The molecule has 0 aliphatic heterocycles. The normalized spacial score (nSPS) is 19.7. The van der Waals surface area contributed by atoms with Gasteiger partial charge in [-0.1, -0.05) is 18.6 Å². The van der Waals surface area contributed by atoms with E-state index in [4.69, 9.17) is 17.4 Å². The van der Waals surface area contributed by atoms with Crippen molar-refractivity contribution in [3.8, 4) is 0 Å². The number of hydrazine groups is 1. The van der Waals surface area contributed by atoms with Crippen molar-refractivity contribution >= 4 is 28.7 Å². The number of para-hydroxylation sites is 2. The molecule has 0 saturated heterocycles. The van der Waals surface area contributed by atoms with Gasteiger partial charge in [-0.05, 0) is 44.4 Å². The molecule has 1 fully saturated rings. The van der Waals surface area contributed by atoms with Crippen LogP contribution in [0.2, 0.25) is 0 Å². The molecule has 1 aromatic carbocycles. The van der Waals surface area contributed by atoms with Gasteiger partial charge in [0.1, 0.15) is 17.6 Å². The van der Waals surface area contributed by atoms with E-state index in [1.165, 1.54) is 6.20 Å². The number of carbonyl (C=O) groups excluding carboxylic acids is 2. The van der Waals surface area contributed by atoms with Crippen LogP contribution in [0.25, 0.3) is 11.0 Å². The van der Waals surface area contributed by atoms with E-state index in [-0.39, 0.29) is 23.6 Å². The van der Waals surface area contributed by atoms with Gasteiger partial charge >= 0.3 is 0 Å². The van der Waals surface area contributed by atoms with Crippen LogP contribution in [-0.4, -0.2) is 46.2 Å². The monoisotopic (exact) mass is 427 g/mol. The first-order chi connectivity index (χ1) is 15.1. The van der Waals surface area contributed by atoms with E-state index in [9.17, 15) is 9.59 Å². The largest absolute Gasteiger partial charge is 0.351 e. The number of amidine groups is 1. The first-order valence-corrected chi connectivity index (χ1v) is 10.3. The predicted octanol–water partition coefficient (Wildman–Crippen LogP) is -0.512. The lowest BCUT2D eigenvalue weighted by molar-refractivity contribution is -0.124. The summed E-state index contributed by atoms with van der Waals surface area (Å²) in [6.45, 7) is 0.405. The molecule has 1 aliphatic carbocycles. The lowest BCUT2D eigenvalue weighted by atomic mass is 10.0. The number of hydrogen-bond donors (Lipinski definition) is 6. The molecule has 11 heteroatoms. The topological polar surface area (TPSA) is 186 Å². The van der Waals surface area contributed by atoms with E-state index >= 15 is 0 Å². The molecule has 11 nitrogen and oxygen atoms in total. The molecule has 1 aliphatic rings. The standard InChI is InChI=1S/C20H29N9O2/c21-10-4-9-16(19(30)26-13-8-3-5-12(13)18(28-22)29-23)27-20(31)17-11-24-14-6-1-2-7-15(14)25-17/h1-2,6-7,11-13,16H,3-5,8-10,21-23H2,(H,26,30)(H,27,31)(H,28,29). The van der Waals surface area contributed by atoms with Crippen LogP contribution in [-0.2, 0) is 4.79 Å². The van der Waals surface area contributed by atoms with Gasteiger partial charge in [-0.25, -0.2) is 10.8 Å². The first-order valence-electron chi connectivity index (χ1n) is 10.3. The summed E-state index contributed by atoms with van der Waals surface area (Å²) in [4.78, 5) is 34.4. The van der Waals surface area contributed by atoms with Gasteiger partial charge in [0, 0.05) is 12.0 Å². The molecule has 1 saturated carbocycles. The quantitative estimate of drug-likeness (QED) is 0.141. The summed E-state index contributed by atoms with van der Waals surface area (Å²) in [5.74, 6) is 10.5. The molecule has 3 rings (SSSR count). The summed E-state index contributed by atoms with van der Waals surface area (Å²) in [5.41, 5.74) is 9.57. The minimum absolute atomic E-state index is 0.101.